The van der Waals surface area contributed by atoms with Gasteiger partial charge in [-0.1, -0.05) is 54.1 Å². The number of sulfone groups is 1. The van der Waals surface area contributed by atoms with Crippen LogP contribution >= 0.6 is 11.6 Å². The molecule has 0 radical (unpaired) electrons. The second-order valence-electron chi connectivity index (χ2n) is 6.50. The lowest BCUT2D eigenvalue weighted by atomic mass is 10.1. The Balaban J connectivity index is 1.75. The highest BCUT2D eigenvalue weighted by molar-refractivity contribution is 7.90. The second-order valence-corrected chi connectivity index (χ2v) is 9.12. The van der Waals surface area contributed by atoms with Crippen LogP contribution in [-0.2, 0) is 22.0 Å². The average Bonchev–Trinajstić information content (AvgIpc) is 2.67. The van der Waals surface area contributed by atoms with Crippen LogP contribution in [-0.4, -0.2) is 39.8 Å². The summed E-state index contributed by atoms with van der Waals surface area (Å²) in [5.74, 6) is 0.920. The van der Waals surface area contributed by atoms with Gasteiger partial charge in [-0.25, -0.2) is 8.42 Å². The van der Waals surface area contributed by atoms with Crippen LogP contribution in [0.2, 0.25) is 5.02 Å². The van der Waals surface area contributed by atoms with Gasteiger partial charge in [-0.2, -0.15) is 0 Å². The molecule has 0 saturated carbocycles. The van der Waals surface area contributed by atoms with Crippen LogP contribution in [0.5, 0.6) is 0 Å². The second kappa shape index (κ2) is 11.7. The maximum atomic E-state index is 12.2. The van der Waals surface area contributed by atoms with Crippen molar-refractivity contribution in [3.05, 3.63) is 70.7 Å². The zero-order valence-corrected chi connectivity index (χ0v) is 17.8. The molecule has 2 rings (SSSR count). The van der Waals surface area contributed by atoms with Crippen LogP contribution in [0.15, 0.2) is 59.6 Å². The van der Waals surface area contributed by atoms with E-state index in [-0.39, 0.29) is 11.5 Å². The number of halogens is 1. The molecule has 28 heavy (non-hydrogen) atoms. The zero-order chi connectivity index (χ0) is 20.2. The Morgan fingerprint density at radius 3 is 2.39 bits per heavy atom. The van der Waals surface area contributed by atoms with Crippen LogP contribution in [0.3, 0.4) is 0 Å². The Morgan fingerprint density at radius 1 is 1.00 bits per heavy atom. The first kappa shape index (κ1) is 22.2. The van der Waals surface area contributed by atoms with E-state index in [9.17, 15) is 8.42 Å². The lowest BCUT2D eigenvalue weighted by molar-refractivity contribution is 0.592. The van der Waals surface area contributed by atoms with Crippen LogP contribution in [0.25, 0.3) is 0 Å². The third kappa shape index (κ3) is 8.76. The Labute approximate surface area is 173 Å². The van der Waals surface area contributed by atoms with Crippen molar-refractivity contribution in [1.82, 2.24) is 10.6 Å². The van der Waals surface area contributed by atoms with Crippen molar-refractivity contribution in [2.24, 2.45) is 4.99 Å². The summed E-state index contributed by atoms with van der Waals surface area (Å²) in [6.07, 6.45) is 1.36. The molecule has 5 nitrogen and oxygen atoms in total. The van der Waals surface area contributed by atoms with Gasteiger partial charge >= 0.3 is 0 Å². The maximum Gasteiger partial charge on any atom is 0.191 e. The van der Waals surface area contributed by atoms with E-state index in [4.69, 9.17) is 11.6 Å². The van der Waals surface area contributed by atoms with Crippen LogP contribution in [0.1, 0.15) is 24.5 Å². The molecule has 0 aliphatic rings. The van der Waals surface area contributed by atoms with Crippen molar-refractivity contribution >= 4 is 27.4 Å². The maximum absolute atomic E-state index is 12.2. The van der Waals surface area contributed by atoms with Crippen molar-refractivity contribution in [3.8, 4) is 0 Å². The fourth-order valence-corrected chi connectivity index (χ4v) is 4.23. The van der Waals surface area contributed by atoms with Crippen molar-refractivity contribution in [1.29, 1.82) is 0 Å². The highest BCUT2D eigenvalue weighted by Gasteiger charge is 2.11. The molecular formula is C21H28ClN3O2S. The van der Waals surface area contributed by atoms with Gasteiger partial charge < -0.3 is 10.6 Å². The molecule has 0 amide bonds. The molecule has 0 aliphatic carbocycles. The minimum Gasteiger partial charge on any atom is -0.357 e. The number of benzene rings is 2. The van der Waals surface area contributed by atoms with Gasteiger partial charge in [0.15, 0.2) is 15.8 Å². The van der Waals surface area contributed by atoms with E-state index in [2.05, 4.69) is 15.6 Å². The molecule has 0 fully saturated rings. The summed E-state index contributed by atoms with van der Waals surface area (Å²) in [5.41, 5.74) is 2.02. The van der Waals surface area contributed by atoms with E-state index in [1.54, 1.807) is 0 Å². The Bertz CT molecular complexity index is 838. The first-order valence-electron chi connectivity index (χ1n) is 9.49. The molecule has 0 heterocycles. The molecule has 0 unspecified atom stereocenters. The summed E-state index contributed by atoms with van der Waals surface area (Å²) in [6.45, 7) is 3.95. The standard InChI is InChI=1S/C21H28ClN3O2S/c1-2-23-21(25-15-13-18-9-11-20(22)12-10-18)24-14-6-16-28(26,27)17-19-7-4-3-5-8-19/h3-5,7-12H,2,6,13-17H2,1H3,(H2,23,24,25). The third-order valence-corrected chi connectivity index (χ3v) is 6.01. The third-order valence-electron chi connectivity index (χ3n) is 4.08. The Morgan fingerprint density at radius 2 is 1.71 bits per heavy atom. The molecule has 0 aromatic heterocycles. The molecule has 0 aliphatic heterocycles. The Kier molecular flexibility index (Phi) is 9.31. The van der Waals surface area contributed by atoms with Crippen molar-refractivity contribution < 1.29 is 8.42 Å². The lowest BCUT2D eigenvalue weighted by Crippen LogP contribution is -2.38. The molecule has 2 aromatic carbocycles. The van der Waals surface area contributed by atoms with Gasteiger partial charge in [-0.3, -0.25) is 4.99 Å². The smallest absolute Gasteiger partial charge is 0.191 e. The highest BCUT2D eigenvalue weighted by atomic mass is 35.5. The Hall–Kier alpha value is -2.05. The topological polar surface area (TPSA) is 70.6 Å². The predicted molar refractivity (Wildman–Crippen MR) is 118 cm³/mol. The van der Waals surface area contributed by atoms with Crippen molar-refractivity contribution in [3.63, 3.8) is 0 Å². The number of nitrogens with one attached hydrogen (secondary N) is 2. The summed E-state index contributed by atoms with van der Waals surface area (Å²) in [4.78, 5) is 4.48. The molecule has 2 aromatic rings. The highest BCUT2D eigenvalue weighted by Crippen LogP contribution is 2.09. The molecule has 0 bridgehead atoms. The van der Waals surface area contributed by atoms with Crippen LogP contribution in [0, 0.1) is 0 Å². The van der Waals surface area contributed by atoms with Gasteiger partial charge in [0, 0.05) is 24.7 Å². The number of nitrogens with zero attached hydrogens (tertiary/aromatic N) is 1. The fourth-order valence-electron chi connectivity index (χ4n) is 2.69. The summed E-state index contributed by atoms with van der Waals surface area (Å²) in [7, 11) is -3.12. The summed E-state index contributed by atoms with van der Waals surface area (Å²) in [6, 6.07) is 17.0. The van der Waals surface area contributed by atoms with Gasteiger partial charge in [0.1, 0.15) is 0 Å². The van der Waals surface area contributed by atoms with Crippen molar-refractivity contribution in [2.75, 3.05) is 25.4 Å². The number of rotatable bonds is 10. The van der Waals surface area contributed by atoms with Crippen LogP contribution < -0.4 is 10.6 Å². The van der Waals surface area contributed by atoms with Crippen molar-refractivity contribution in [2.45, 2.75) is 25.5 Å². The molecule has 152 valence electrons. The van der Waals surface area contributed by atoms with Gasteiger partial charge in [0.2, 0.25) is 0 Å². The molecular weight excluding hydrogens is 394 g/mol. The SMILES string of the molecule is CCNC(=NCCCS(=O)(=O)Cc1ccccc1)NCCc1ccc(Cl)cc1. The fraction of sp³-hybridized carbons (Fsp3) is 0.381. The summed E-state index contributed by atoms with van der Waals surface area (Å²) < 4.78 is 24.5. The van der Waals surface area contributed by atoms with Gasteiger partial charge in [0.05, 0.1) is 11.5 Å². The molecule has 0 atom stereocenters. The number of guanidine groups is 1. The van der Waals surface area contributed by atoms with E-state index >= 15 is 0 Å². The molecule has 2 N–H and O–H groups in total. The monoisotopic (exact) mass is 421 g/mol. The van der Waals surface area contributed by atoms with E-state index < -0.39 is 9.84 Å². The zero-order valence-electron chi connectivity index (χ0n) is 16.2. The lowest BCUT2D eigenvalue weighted by Gasteiger charge is -2.11. The van der Waals surface area contributed by atoms with Gasteiger partial charge in [-0.15, -0.1) is 0 Å². The summed E-state index contributed by atoms with van der Waals surface area (Å²) >= 11 is 5.90. The predicted octanol–water partition coefficient (Wildman–Crippen LogP) is 3.44. The van der Waals surface area contributed by atoms with Crippen LogP contribution in [0.4, 0.5) is 0 Å². The molecule has 0 saturated heterocycles. The molecule has 7 heteroatoms. The van der Waals surface area contributed by atoms with Gasteiger partial charge in [-0.05, 0) is 43.0 Å². The minimum atomic E-state index is -3.12. The minimum absolute atomic E-state index is 0.0803. The van der Waals surface area contributed by atoms with E-state index in [1.165, 1.54) is 5.56 Å². The largest absolute Gasteiger partial charge is 0.357 e. The number of aliphatic imine (C=N–C) groups is 1. The first-order chi connectivity index (χ1) is 13.5. The molecule has 0 spiro atoms. The summed E-state index contributed by atoms with van der Waals surface area (Å²) in [5, 5.41) is 7.19. The van der Waals surface area contributed by atoms with E-state index in [1.807, 2.05) is 61.5 Å². The van der Waals surface area contributed by atoms with Gasteiger partial charge in [0.25, 0.3) is 0 Å². The quantitative estimate of drug-likeness (QED) is 0.350. The van der Waals surface area contributed by atoms with E-state index in [0.29, 0.717) is 18.9 Å². The number of hydrogen-bond donors (Lipinski definition) is 2. The normalized spacial score (nSPS) is 12.0. The number of hydrogen-bond acceptors (Lipinski definition) is 3. The first-order valence-corrected chi connectivity index (χ1v) is 11.7. The average molecular weight is 422 g/mol. The van der Waals surface area contributed by atoms with E-state index in [0.717, 1.165) is 30.1 Å².